The number of hydrogen-bond acceptors (Lipinski definition) is 3. The summed E-state index contributed by atoms with van der Waals surface area (Å²) in [5.41, 5.74) is 1.64. The molecule has 0 aromatic heterocycles. The summed E-state index contributed by atoms with van der Waals surface area (Å²) in [4.78, 5) is 27.4. The maximum absolute atomic E-state index is 12.1. The molecule has 0 atom stereocenters. The van der Waals surface area contributed by atoms with E-state index in [9.17, 15) is 9.59 Å². The molecule has 6 nitrogen and oxygen atoms in total. The molecule has 0 unspecified atom stereocenters. The monoisotopic (exact) mass is 321 g/mol. The molecule has 0 heterocycles. The molecule has 0 aliphatic rings. The second-order valence-corrected chi connectivity index (χ2v) is 5.28. The van der Waals surface area contributed by atoms with Gasteiger partial charge in [0.1, 0.15) is 0 Å². The number of amides is 3. The van der Waals surface area contributed by atoms with E-state index >= 15 is 0 Å². The molecule has 0 aliphatic heterocycles. The van der Waals surface area contributed by atoms with Crippen LogP contribution in [-0.2, 0) is 16.0 Å². The van der Waals surface area contributed by atoms with Gasteiger partial charge in [-0.25, -0.2) is 4.79 Å². The van der Waals surface area contributed by atoms with Gasteiger partial charge < -0.3 is 19.9 Å². The molecule has 1 N–H and O–H groups in total. The van der Waals surface area contributed by atoms with E-state index in [0.717, 1.165) is 18.7 Å². The van der Waals surface area contributed by atoms with Crippen LogP contribution in [-0.4, -0.2) is 62.1 Å². The third-order valence-electron chi connectivity index (χ3n) is 3.65. The van der Waals surface area contributed by atoms with E-state index in [0.29, 0.717) is 25.3 Å². The maximum atomic E-state index is 12.1. The zero-order chi connectivity index (χ0) is 17.2. The third-order valence-corrected chi connectivity index (χ3v) is 3.65. The normalized spacial score (nSPS) is 10.3. The van der Waals surface area contributed by atoms with Crippen LogP contribution in [0.1, 0.15) is 19.4 Å². The van der Waals surface area contributed by atoms with Gasteiger partial charge >= 0.3 is 6.03 Å². The number of urea groups is 1. The lowest BCUT2D eigenvalue weighted by molar-refractivity contribution is -0.130. The molecular weight excluding hydrogens is 294 g/mol. The molecule has 0 fully saturated rings. The molecule has 1 rings (SSSR count). The van der Waals surface area contributed by atoms with Crippen LogP contribution < -0.4 is 5.32 Å². The second kappa shape index (κ2) is 9.84. The van der Waals surface area contributed by atoms with Crippen LogP contribution in [0.4, 0.5) is 10.5 Å². The van der Waals surface area contributed by atoms with Crippen molar-refractivity contribution in [2.24, 2.45) is 0 Å². The van der Waals surface area contributed by atoms with E-state index in [1.165, 1.54) is 0 Å². The Bertz CT molecular complexity index is 498. The molecule has 0 aliphatic carbocycles. The number of likely N-dealkylation sites (N-methyl/N-ethyl adjacent to an activating group) is 2. The Labute approximate surface area is 138 Å². The van der Waals surface area contributed by atoms with Crippen molar-refractivity contribution in [3.05, 3.63) is 29.8 Å². The van der Waals surface area contributed by atoms with Crippen molar-refractivity contribution in [1.82, 2.24) is 9.80 Å². The van der Waals surface area contributed by atoms with E-state index in [2.05, 4.69) is 5.32 Å². The molecular formula is C17H27N3O3. The summed E-state index contributed by atoms with van der Waals surface area (Å²) in [5, 5.41) is 2.81. The third kappa shape index (κ3) is 6.28. The van der Waals surface area contributed by atoms with Crippen LogP contribution in [0, 0.1) is 0 Å². The number of carbonyl (C=O) groups is 2. The zero-order valence-electron chi connectivity index (χ0n) is 14.5. The van der Waals surface area contributed by atoms with Crippen molar-refractivity contribution in [2.75, 3.05) is 45.7 Å². The first-order chi connectivity index (χ1) is 11.0. The van der Waals surface area contributed by atoms with Gasteiger partial charge in [0.25, 0.3) is 0 Å². The predicted molar refractivity (Wildman–Crippen MR) is 91.6 cm³/mol. The minimum Gasteiger partial charge on any atom is -0.383 e. The molecule has 0 radical (unpaired) electrons. The lowest BCUT2D eigenvalue weighted by Crippen LogP contribution is -2.33. The first-order valence-corrected chi connectivity index (χ1v) is 7.89. The number of methoxy groups -OCH3 is 1. The number of rotatable bonds is 8. The van der Waals surface area contributed by atoms with Crippen LogP contribution >= 0.6 is 0 Å². The van der Waals surface area contributed by atoms with Gasteiger partial charge in [-0.15, -0.1) is 0 Å². The van der Waals surface area contributed by atoms with Gasteiger partial charge in [0.2, 0.25) is 5.91 Å². The smallest absolute Gasteiger partial charge is 0.321 e. The molecule has 0 saturated heterocycles. The second-order valence-electron chi connectivity index (χ2n) is 5.28. The average molecular weight is 321 g/mol. The fourth-order valence-corrected chi connectivity index (χ4v) is 2.12. The SMILES string of the molecule is CCN(CC)C(=O)Cc1ccc(NC(=O)N(C)CCOC)cc1. The summed E-state index contributed by atoms with van der Waals surface area (Å²) in [6.07, 6.45) is 0.379. The van der Waals surface area contributed by atoms with Crippen LogP contribution in [0.5, 0.6) is 0 Å². The van der Waals surface area contributed by atoms with Crippen molar-refractivity contribution in [3.63, 3.8) is 0 Å². The van der Waals surface area contributed by atoms with Gasteiger partial charge in [-0.05, 0) is 31.5 Å². The van der Waals surface area contributed by atoms with Gasteiger partial charge in [-0.3, -0.25) is 4.79 Å². The fourth-order valence-electron chi connectivity index (χ4n) is 2.12. The van der Waals surface area contributed by atoms with Gasteiger partial charge in [0.15, 0.2) is 0 Å². The molecule has 0 bridgehead atoms. The van der Waals surface area contributed by atoms with Crippen molar-refractivity contribution in [1.29, 1.82) is 0 Å². The number of hydrogen-bond donors (Lipinski definition) is 1. The minimum absolute atomic E-state index is 0.117. The predicted octanol–water partition coefficient (Wildman–Crippen LogP) is 2.21. The van der Waals surface area contributed by atoms with E-state index in [-0.39, 0.29) is 11.9 Å². The first-order valence-electron chi connectivity index (χ1n) is 7.89. The highest BCUT2D eigenvalue weighted by Crippen LogP contribution is 2.11. The topological polar surface area (TPSA) is 61.9 Å². The summed E-state index contributed by atoms with van der Waals surface area (Å²) in [5.74, 6) is 0.117. The quantitative estimate of drug-likeness (QED) is 0.798. The Hall–Kier alpha value is -2.08. The number of carbonyl (C=O) groups excluding carboxylic acids is 2. The summed E-state index contributed by atoms with van der Waals surface area (Å²) in [7, 11) is 3.31. The Balaban J connectivity index is 2.56. The van der Waals surface area contributed by atoms with Crippen LogP contribution in [0.25, 0.3) is 0 Å². The van der Waals surface area contributed by atoms with Crippen LogP contribution in [0.2, 0.25) is 0 Å². The Morgan fingerprint density at radius 3 is 2.26 bits per heavy atom. The zero-order valence-corrected chi connectivity index (χ0v) is 14.5. The average Bonchev–Trinajstić information content (AvgIpc) is 2.55. The van der Waals surface area contributed by atoms with Crippen LogP contribution in [0.15, 0.2) is 24.3 Å². The van der Waals surface area contributed by atoms with E-state index in [1.54, 1.807) is 24.0 Å². The highest BCUT2D eigenvalue weighted by Gasteiger charge is 2.11. The molecule has 0 saturated carbocycles. The molecule has 1 aromatic carbocycles. The molecule has 6 heteroatoms. The highest BCUT2D eigenvalue weighted by atomic mass is 16.5. The Kier molecular flexibility index (Phi) is 8.11. The largest absolute Gasteiger partial charge is 0.383 e. The summed E-state index contributed by atoms with van der Waals surface area (Å²) in [6, 6.07) is 7.17. The number of ether oxygens (including phenoxy) is 1. The number of benzene rings is 1. The minimum atomic E-state index is -0.186. The number of nitrogens with zero attached hydrogens (tertiary/aromatic N) is 2. The van der Waals surface area contributed by atoms with E-state index < -0.39 is 0 Å². The summed E-state index contributed by atoms with van der Waals surface area (Å²) >= 11 is 0. The van der Waals surface area contributed by atoms with Gasteiger partial charge in [0, 0.05) is 39.5 Å². The van der Waals surface area contributed by atoms with Crippen molar-refractivity contribution >= 4 is 17.6 Å². The molecule has 23 heavy (non-hydrogen) atoms. The lowest BCUT2D eigenvalue weighted by Gasteiger charge is -2.19. The van der Waals surface area contributed by atoms with Crippen LogP contribution in [0.3, 0.4) is 0 Å². The number of nitrogens with one attached hydrogen (secondary N) is 1. The standard InChI is InChI=1S/C17H27N3O3/c1-5-20(6-2)16(21)13-14-7-9-15(10-8-14)18-17(22)19(3)11-12-23-4/h7-10H,5-6,11-13H2,1-4H3,(H,18,22). The van der Waals surface area contributed by atoms with E-state index in [4.69, 9.17) is 4.74 Å². The molecule has 3 amide bonds. The van der Waals surface area contributed by atoms with Gasteiger partial charge in [0.05, 0.1) is 13.0 Å². The summed E-state index contributed by atoms with van der Waals surface area (Å²) in [6.45, 7) is 6.41. The van der Waals surface area contributed by atoms with Gasteiger partial charge in [-0.1, -0.05) is 12.1 Å². The fraction of sp³-hybridized carbons (Fsp3) is 0.529. The number of anilines is 1. The maximum Gasteiger partial charge on any atom is 0.321 e. The summed E-state index contributed by atoms with van der Waals surface area (Å²) < 4.78 is 4.95. The highest BCUT2D eigenvalue weighted by molar-refractivity contribution is 5.89. The first kappa shape index (κ1) is 19.0. The van der Waals surface area contributed by atoms with Crippen molar-refractivity contribution in [2.45, 2.75) is 20.3 Å². The Morgan fingerprint density at radius 1 is 1.13 bits per heavy atom. The Morgan fingerprint density at radius 2 is 1.74 bits per heavy atom. The van der Waals surface area contributed by atoms with Crippen molar-refractivity contribution < 1.29 is 14.3 Å². The molecule has 128 valence electrons. The van der Waals surface area contributed by atoms with E-state index in [1.807, 2.05) is 38.1 Å². The van der Waals surface area contributed by atoms with Gasteiger partial charge in [-0.2, -0.15) is 0 Å². The van der Waals surface area contributed by atoms with Crippen molar-refractivity contribution in [3.8, 4) is 0 Å². The molecule has 1 aromatic rings. The molecule has 0 spiro atoms. The lowest BCUT2D eigenvalue weighted by atomic mass is 10.1.